The molecule has 4 rings (SSSR count). The van der Waals surface area contributed by atoms with Crippen LogP contribution in [-0.4, -0.2) is 46.8 Å². The largest absolute Gasteiger partial charge is 0.340 e. The minimum atomic E-state index is -0.930. The number of aryl methyl sites for hydroxylation is 2. The topological polar surface area (TPSA) is 69.7 Å². The molecule has 6 heteroatoms. The molecule has 1 heterocycles. The van der Waals surface area contributed by atoms with E-state index in [0.717, 1.165) is 28.0 Å². The van der Waals surface area contributed by atoms with Crippen molar-refractivity contribution in [1.82, 2.24) is 15.1 Å². The van der Waals surface area contributed by atoms with Crippen LogP contribution in [-0.2, 0) is 29.0 Å². The number of hydrogen-bond acceptors (Lipinski definition) is 3. The smallest absolute Gasteiger partial charge is 0.325 e. The maximum Gasteiger partial charge on any atom is 0.325 e. The Hall–Kier alpha value is -3.15. The number of imide groups is 1. The van der Waals surface area contributed by atoms with Crippen LogP contribution >= 0.6 is 0 Å². The van der Waals surface area contributed by atoms with Crippen LogP contribution in [0.5, 0.6) is 0 Å². The fourth-order valence-electron chi connectivity index (χ4n) is 4.23. The predicted molar refractivity (Wildman–Crippen MR) is 109 cm³/mol. The summed E-state index contributed by atoms with van der Waals surface area (Å²) in [5, 5.41) is 2.88. The molecule has 1 saturated heterocycles. The van der Waals surface area contributed by atoms with Gasteiger partial charge in [0.1, 0.15) is 12.1 Å². The molecule has 2 aromatic rings. The molecule has 29 heavy (non-hydrogen) atoms. The lowest BCUT2D eigenvalue weighted by Crippen LogP contribution is -2.51. The second-order valence-electron chi connectivity index (χ2n) is 8.03. The maximum atomic E-state index is 13.1. The average molecular weight is 391 g/mol. The molecule has 6 nitrogen and oxygen atoms in total. The first kappa shape index (κ1) is 19.2. The summed E-state index contributed by atoms with van der Waals surface area (Å²) in [7, 11) is 1.69. The predicted octanol–water partition coefficient (Wildman–Crippen LogP) is 2.43. The minimum absolute atomic E-state index is 0.240. The van der Waals surface area contributed by atoms with Crippen molar-refractivity contribution in [1.29, 1.82) is 0 Å². The van der Waals surface area contributed by atoms with Crippen molar-refractivity contribution in [2.45, 2.75) is 38.3 Å². The third-order valence-electron chi connectivity index (χ3n) is 6.07. The Bertz CT molecular complexity index is 987. The lowest BCUT2D eigenvalue weighted by molar-refractivity contribution is -0.138. The number of likely N-dealkylation sites (N-methyl/N-ethyl adjacent to an activating group) is 1. The fourth-order valence-corrected chi connectivity index (χ4v) is 4.23. The van der Waals surface area contributed by atoms with E-state index in [2.05, 4.69) is 11.4 Å². The molecule has 2 aliphatic rings. The van der Waals surface area contributed by atoms with E-state index in [1.165, 1.54) is 5.56 Å². The van der Waals surface area contributed by atoms with Crippen LogP contribution in [0.3, 0.4) is 0 Å². The van der Waals surface area contributed by atoms with Gasteiger partial charge in [0.05, 0.1) is 0 Å². The number of rotatable bonds is 4. The van der Waals surface area contributed by atoms with E-state index < -0.39 is 11.6 Å². The summed E-state index contributed by atoms with van der Waals surface area (Å²) in [6.45, 7) is 2.19. The van der Waals surface area contributed by atoms with Crippen LogP contribution in [0.15, 0.2) is 48.5 Å². The van der Waals surface area contributed by atoms with E-state index in [1.807, 2.05) is 49.4 Å². The molecule has 1 fully saturated rings. The standard InChI is InChI=1S/C23H25N3O3/c1-16-7-3-4-10-19(16)14-25(2)20(27)15-26-21(28)23(24-22(26)29)12-11-17-8-5-6-9-18(17)13-23/h3-10H,11-15H2,1-2H3,(H,24,29). The summed E-state index contributed by atoms with van der Waals surface area (Å²) in [6, 6.07) is 15.4. The van der Waals surface area contributed by atoms with Gasteiger partial charge in [-0.25, -0.2) is 4.79 Å². The summed E-state index contributed by atoms with van der Waals surface area (Å²) >= 11 is 0. The average Bonchev–Trinajstić information content (AvgIpc) is 2.93. The third kappa shape index (κ3) is 3.50. The van der Waals surface area contributed by atoms with Gasteiger partial charge in [-0.1, -0.05) is 48.5 Å². The van der Waals surface area contributed by atoms with Gasteiger partial charge < -0.3 is 10.2 Å². The maximum absolute atomic E-state index is 13.1. The molecule has 0 radical (unpaired) electrons. The Labute approximate surface area is 170 Å². The summed E-state index contributed by atoms with van der Waals surface area (Å²) in [5.41, 5.74) is 3.51. The number of benzene rings is 2. The van der Waals surface area contributed by atoms with Crippen molar-refractivity contribution in [2.24, 2.45) is 0 Å². The van der Waals surface area contributed by atoms with Gasteiger partial charge >= 0.3 is 6.03 Å². The van der Waals surface area contributed by atoms with Gasteiger partial charge in [-0.05, 0) is 42.0 Å². The zero-order valence-corrected chi connectivity index (χ0v) is 16.8. The van der Waals surface area contributed by atoms with Crippen LogP contribution < -0.4 is 5.32 Å². The highest BCUT2D eigenvalue weighted by molar-refractivity contribution is 6.09. The van der Waals surface area contributed by atoms with E-state index in [1.54, 1.807) is 11.9 Å². The van der Waals surface area contributed by atoms with E-state index >= 15 is 0 Å². The van der Waals surface area contributed by atoms with Crippen LogP contribution in [0.25, 0.3) is 0 Å². The summed E-state index contributed by atoms with van der Waals surface area (Å²) in [6.07, 6.45) is 1.76. The van der Waals surface area contributed by atoms with Gasteiger partial charge in [-0.2, -0.15) is 0 Å². The first-order chi connectivity index (χ1) is 13.9. The Balaban J connectivity index is 1.46. The lowest BCUT2D eigenvalue weighted by Gasteiger charge is -2.32. The molecule has 1 N–H and O–H groups in total. The molecule has 1 spiro atoms. The number of carbonyl (C=O) groups is 3. The number of fused-ring (bicyclic) bond motifs is 1. The first-order valence-electron chi connectivity index (χ1n) is 9.89. The summed E-state index contributed by atoms with van der Waals surface area (Å²) < 4.78 is 0. The van der Waals surface area contributed by atoms with Crippen molar-refractivity contribution in [3.8, 4) is 0 Å². The molecule has 0 bridgehead atoms. The van der Waals surface area contributed by atoms with Crippen molar-refractivity contribution in [3.63, 3.8) is 0 Å². The molecule has 4 amide bonds. The third-order valence-corrected chi connectivity index (χ3v) is 6.07. The molecule has 0 aromatic heterocycles. The normalized spacial score (nSPS) is 20.6. The summed E-state index contributed by atoms with van der Waals surface area (Å²) in [5.74, 6) is -0.556. The zero-order valence-electron chi connectivity index (χ0n) is 16.8. The van der Waals surface area contributed by atoms with Crippen molar-refractivity contribution in [3.05, 3.63) is 70.8 Å². The number of carbonyl (C=O) groups excluding carboxylic acids is 3. The molecule has 150 valence electrons. The molecule has 1 aliphatic heterocycles. The van der Waals surface area contributed by atoms with Crippen molar-refractivity contribution < 1.29 is 14.4 Å². The van der Waals surface area contributed by atoms with Crippen LogP contribution in [0, 0.1) is 6.92 Å². The number of nitrogens with one attached hydrogen (secondary N) is 1. The molecule has 1 aliphatic carbocycles. The molecule has 1 unspecified atom stereocenters. The van der Waals surface area contributed by atoms with E-state index in [0.29, 0.717) is 19.4 Å². The first-order valence-corrected chi connectivity index (χ1v) is 9.89. The van der Waals surface area contributed by atoms with Gasteiger partial charge in [0.2, 0.25) is 5.91 Å². The Kier molecular flexibility index (Phi) is 4.86. The molecule has 0 saturated carbocycles. The van der Waals surface area contributed by atoms with Crippen LogP contribution in [0.1, 0.15) is 28.7 Å². The Morgan fingerprint density at radius 3 is 2.55 bits per heavy atom. The second kappa shape index (κ2) is 7.35. The van der Waals surface area contributed by atoms with Crippen LogP contribution in [0.4, 0.5) is 4.79 Å². The minimum Gasteiger partial charge on any atom is -0.340 e. The highest BCUT2D eigenvalue weighted by Gasteiger charge is 2.52. The Morgan fingerprint density at radius 1 is 1.10 bits per heavy atom. The van der Waals surface area contributed by atoms with E-state index in [9.17, 15) is 14.4 Å². The van der Waals surface area contributed by atoms with Gasteiger partial charge in [0.15, 0.2) is 0 Å². The van der Waals surface area contributed by atoms with E-state index in [-0.39, 0.29) is 18.4 Å². The quantitative estimate of drug-likeness (QED) is 0.814. The lowest BCUT2D eigenvalue weighted by atomic mass is 9.78. The number of nitrogens with zero attached hydrogens (tertiary/aromatic N) is 2. The van der Waals surface area contributed by atoms with E-state index in [4.69, 9.17) is 0 Å². The SMILES string of the molecule is Cc1ccccc1CN(C)C(=O)CN1C(=O)NC2(CCc3ccccc3C2)C1=O. The van der Waals surface area contributed by atoms with Gasteiger partial charge in [-0.15, -0.1) is 0 Å². The fraction of sp³-hybridized carbons (Fsp3) is 0.348. The number of hydrogen-bond donors (Lipinski definition) is 1. The highest BCUT2D eigenvalue weighted by Crippen LogP contribution is 2.33. The summed E-state index contributed by atoms with van der Waals surface area (Å²) in [4.78, 5) is 41.1. The molecule has 1 atom stereocenters. The zero-order chi connectivity index (χ0) is 20.6. The number of urea groups is 1. The molecule has 2 aromatic carbocycles. The monoisotopic (exact) mass is 391 g/mol. The Morgan fingerprint density at radius 2 is 1.79 bits per heavy atom. The van der Waals surface area contributed by atoms with Crippen molar-refractivity contribution in [2.75, 3.05) is 13.6 Å². The van der Waals surface area contributed by atoms with Crippen LogP contribution in [0.2, 0.25) is 0 Å². The van der Waals surface area contributed by atoms with Gasteiger partial charge in [-0.3, -0.25) is 14.5 Å². The van der Waals surface area contributed by atoms with Gasteiger partial charge in [0.25, 0.3) is 5.91 Å². The van der Waals surface area contributed by atoms with Gasteiger partial charge in [0, 0.05) is 20.0 Å². The second-order valence-corrected chi connectivity index (χ2v) is 8.03. The molecular formula is C23H25N3O3. The highest BCUT2D eigenvalue weighted by atomic mass is 16.2. The molecular weight excluding hydrogens is 366 g/mol. The van der Waals surface area contributed by atoms with Crippen molar-refractivity contribution >= 4 is 17.8 Å². The number of amides is 4.